The molecule has 3 rings (SSSR count). The van der Waals surface area contributed by atoms with Gasteiger partial charge in [0.2, 0.25) is 4.77 Å². The summed E-state index contributed by atoms with van der Waals surface area (Å²) in [4.78, 5) is 0. The number of benzene rings is 2. The van der Waals surface area contributed by atoms with Crippen LogP contribution < -0.4 is 0 Å². The molecule has 6 heteroatoms. The lowest BCUT2D eigenvalue weighted by molar-refractivity contribution is 0.628. The van der Waals surface area contributed by atoms with Crippen molar-refractivity contribution < 1.29 is 4.39 Å². The van der Waals surface area contributed by atoms with Gasteiger partial charge in [-0.25, -0.2) is 9.49 Å². The molecule has 0 amide bonds. The average Bonchev–Trinajstić information content (AvgIpc) is 2.94. The maximum Gasteiger partial charge on any atom is 0.216 e. The molecule has 0 unspecified atom stereocenters. The molecule has 2 aromatic carbocycles. The zero-order chi connectivity index (χ0) is 16.2. The molecular weight excluding hydrogens is 311 g/mol. The zero-order valence-corrected chi connectivity index (χ0v) is 13.3. The number of aromatic nitrogens is 3. The van der Waals surface area contributed by atoms with Gasteiger partial charge in [-0.2, -0.15) is 14.9 Å². The summed E-state index contributed by atoms with van der Waals surface area (Å²) in [6, 6.07) is 14.5. The monoisotopic (exact) mass is 326 g/mol. The molecule has 0 bridgehead atoms. The van der Waals surface area contributed by atoms with Gasteiger partial charge < -0.3 is 0 Å². The van der Waals surface area contributed by atoms with Crippen LogP contribution in [0.4, 0.5) is 4.39 Å². The molecule has 0 atom stereocenters. The number of nitrogens with zero attached hydrogens (tertiary/aromatic N) is 3. The van der Waals surface area contributed by atoms with Gasteiger partial charge in [-0.15, -0.1) is 0 Å². The van der Waals surface area contributed by atoms with Crippen molar-refractivity contribution in [2.45, 2.75) is 13.3 Å². The van der Waals surface area contributed by atoms with Crippen LogP contribution in [0.3, 0.4) is 0 Å². The largest absolute Gasteiger partial charge is 0.250 e. The van der Waals surface area contributed by atoms with Gasteiger partial charge in [-0.05, 0) is 41.9 Å². The Bertz CT molecular complexity index is 893. The Kier molecular flexibility index (Phi) is 4.43. The molecule has 4 nitrogen and oxygen atoms in total. The molecule has 0 saturated heterocycles. The first kappa shape index (κ1) is 15.3. The molecule has 1 N–H and O–H groups in total. The van der Waals surface area contributed by atoms with Crippen LogP contribution in [0.1, 0.15) is 18.1 Å². The number of halogens is 1. The lowest BCUT2D eigenvalue weighted by Gasteiger charge is -2.02. The normalized spacial score (nSPS) is 11.2. The lowest BCUT2D eigenvalue weighted by Crippen LogP contribution is -1.96. The van der Waals surface area contributed by atoms with Crippen LogP contribution in [0.5, 0.6) is 0 Å². The second-order valence-electron chi connectivity index (χ2n) is 4.98. The third-order valence-corrected chi connectivity index (χ3v) is 3.74. The van der Waals surface area contributed by atoms with Crippen molar-refractivity contribution in [3.63, 3.8) is 0 Å². The fraction of sp³-hybridized carbons (Fsp3) is 0.118. The summed E-state index contributed by atoms with van der Waals surface area (Å²) in [5, 5.41) is 11.1. The number of nitrogens with one attached hydrogen (secondary N) is 1. The highest BCUT2D eigenvalue weighted by Crippen LogP contribution is 2.20. The number of H-pyrrole nitrogens is 1. The summed E-state index contributed by atoms with van der Waals surface area (Å²) in [6.45, 7) is 2.11. The van der Waals surface area contributed by atoms with E-state index in [4.69, 9.17) is 12.2 Å². The minimum Gasteiger partial charge on any atom is -0.250 e. The van der Waals surface area contributed by atoms with Gasteiger partial charge in [0.05, 0.1) is 11.8 Å². The molecule has 0 aliphatic heterocycles. The van der Waals surface area contributed by atoms with Gasteiger partial charge in [-0.3, -0.25) is 0 Å². The highest BCUT2D eigenvalue weighted by molar-refractivity contribution is 7.71. The van der Waals surface area contributed by atoms with Crippen molar-refractivity contribution in [3.05, 3.63) is 70.2 Å². The van der Waals surface area contributed by atoms with Gasteiger partial charge in [0.15, 0.2) is 5.82 Å². The van der Waals surface area contributed by atoms with Crippen molar-refractivity contribution in [1.82, 2.24) is 14.9 Å². The van der Waals surface area contributed by atoms with Gasteiger partial charge >= 0.3 is 0 Å². The Morgan fingerprint density at radius 2 is 1.96 bits per heavy atom. The van der Waals surface area contributed by atoms with Crippen molar-refractivity contribution in [2.24, 2.45) is 5.10 Å². The quantitative estimate of drug-likeness (QED) is 0.577. The van der Waals surface area contributed by atoms with Gasteiger partial charge in [-0.1, -0.05) is 43.3 Å². The average molecular weight is 326 g/mol. The molecule has 3 aromatic rings. The van der Waals surface area contributed by atoms with E-state index in [2.05, 4.69) is 22.2 Å². The molecular formula is C17H15FN4S. The SMILES string of the molecule is CCc1ccc(/C=N\n2c(-c3ccccc3F)n[nH]c2=S)cc1. The zero-order valence-electron chi connectivity index (χ0n) is 12.5. The minimum atomic E-state index is -0.370. The summed E-state index contributed by atoms with van der Waals surface area (Å²) < 4.78 is 15.7. The molecule has 0 radical (unpaired) electrons. The summed E-state index contributed by atoms with van der Waals surface area (Å²) >= 11 is 5.18. The molecule has 0 saturated carbocycles. The number of hydrogen-bond acceptors (Lipinski definition) is 3. The molecule has 1 heterocycles. The van der Waals surface area contributed by atoms with Crippen LogP contribution >= 0.6 is 12.2 Å². The van der Waals surface area contributed by atoms with Crippen LogP contribution in [-0.4, -0.2) is 21.1 Å². The van der Waals surface area contributed by atoms with E-state index >= 15 is 0 Å². The third kappa shape index (κ3) is 3.27. The highest BCUT2D eigenvalue weighted by atomic mass is 32.1. The second-order valence-corrected chi connectivity index (χ2v) is 5.37. The number of hydrogen-bond donors (Lipinski definition) is 1. The Morgan fingerprint density at radius 3 is 2.65 bits per heavy atom. The van der Waals surface area contributed by atoms with Crippen LogP contribution in [0.2, 0.25) is 0 Å². The van der Waals surface area contributed by atoms with E-state index in [0.717, 1.165) is 12.0 Å². The van der Waals surface area contributed by atoms with Crippen LogP contribution in [0.25, 0.3) is 11.4 Å². The highest BCUT2D eigenvalue weighted by Gasteiger charge is 2.12. The maximum atomic E-state index is 14.0. The molecule has 0 aliphatic rings. The fourth-order valence-corrected chi connectivity index (χ4v) is 2.36. The Hall–Kier alpha value is -2.60. The molecule has 1 aromatic heterocycles. The smallest absolute Gasteiger partial charge is 0.216 e. The lowest BCUT2D eigenvalue weighted by atomic mass is 10.1. The first-order chi connectivity index (χ1) is 11.2. The van der Waals surface area contributed by atoms with Crippen molar-refractivity contribution in [3.8, 4) is 11.4 Å². The van der Waals surface area contributed by atoms with Crippen LogP contribution in [0, 0.1) is 10.6 Å². The van der Waals surface area contributed by atoms with Gasteiger partial charge in [0, 0.05) is 0 Å². The van der Waals surface area contributed by atoms with Gasteiger partial charge in [0.1, 0.15) is 5.82 Å². The first-order valence-electron chi connectivity index (χ1n) is 7.24. The topological polar surface area (TPSA) is 46.0 Å². The van der Waals surface area contributed by atoms with Crippen LogP contribution in [0.15, 0.2) is 53.6 Å². The fourth-order valence-electron chi connectivity index (χ4n) is 2.18. The molecule has 0 spiro atoms. The Morgan fingerprint density at radius 1 is 1.22 bits per heavy atom. The predicted molar refractivity (Wildman–Crippen MR) is 91.6 cm³/mol. The number of aromatic amines is 1. The second kappa shape index (κ2) is 6.66. The van der Waals surface area contributed by atoms with Crippen molar-refractivity contribution in [1.29, 1.82) is 0 Å². The summed E-state index contributed by atoms with van der Waals surface area (Å²) in [7, 11) is 0. The number of aryl methyl sites for hydroxylation is 1. The molecule has 23 heavy (non-hydrogen) atoms. The number of rotatable bonds is 4. The molecule has 0 aliphatic carbocycles. The third-order valence-electron chi connectivity index (χ3n) is 3.48. The maximum absolute atomic E-state index is 14.0. The van der Waals surface area contributed by atoms with E-state index in [1.807, 2.05) is 24.3 Å². The summed E-state index contributed by atoms with van der Waals surface area (Å²) in [5.41, 5.74) is 2.54. The van der Waals surface area contributed by atoms with E-state index in [1.165, 1.54) is 16.3 Å². The van der Waals surface area contributed by atoms with Crippen LogP contribution in [-0.2, 0) is 6.42 Å². The van der Waals surface area contributed by atoms with E-state index in [9.17, 15) is 4.39 Å². The standard InChI is InChI=1S/C17H15FN4S/c1-2-12-7-9-13(10-8-12)11-19-22-16(20-21-17(22)23)14-5-3-4-6-15(14)18/h3-11H,2H2,1H3,(H,21,23)/b19-11-. The first-order valence-corrected chi connectivity index (χ1v) is 7.65. The van der Waals surface area contributed by atoms with Crippen molar-refractivity contribution >= 4 is 18.4 Å². The van der Waals surface area contributed by atoms with Gasteiger partial charge in [0.25, 0.3) is 0 Å². The summed E-state index contributed by atoms with van der Waals surface area (Å²) in [5.74, 6) is -0.0280. The Labute approximate surface area is 138 Å². The summed E-state index contributed by atoms with van der Waals surface area (Å²) in [6.07, 6.45) is 2.66. The van der Waals surface area contributed by atoms with E-state index in [-0.39, 0.29) is 5.82 Å². The van der Waals surface area contributed by atoms with Crippen molar-refractivity contribution in [2.75, 3.05) is 0 Å². The van der Waals surface area contributed by atoms with E-state index in [0.29, 0.717) is 16.2 Å². The molecule has 116 valence electrons. The predicted octanol–water partition coefficient (Wildman–Crippen LogP) is 4.19. The van der Waals surface area contributed by atoms with E-state index in [1.54, 1.807) is 24.4 Å². The van der Waals surface area contributed by atoms with E-state index < -0.39 is 0 Å². The Balaban J connectivity index is 1.97. The molecule has 0 fully saturated rings. The minimum absolute atomic E-state index is 0.310.